The lowest BCUT2D eigenvalue weighted by molar-refractivity contribution is -0.140. The summed E-state index contributed by atoms with van der Waals surface area (Å²) in [5.41, 5.74) is -1.28. The number of rotatable bonds is 2. The molecule has 0 aliphatic carbocycles. The van der Waals surface area contributed by atoms with Crippen LogP contribution in [0.2, 0.25) is 0 Å². The normalized spacial score (nSPS) is 19.1. The number of nitriles is 1. The molecule has 1 aromatic heterocycles. The Morgan fingerprint density at radius 3 is 2.78 bits per heavy atom. The number of nitrogens with one attached hydrogen (secondary N) is 1. The van der Waals surface area contributed by atoms with E-state index < -0.39 is 32.3 Å². The first-order chi connectivity index (χ1) is 12.7. The number of alkyl halides is 3. The average Bonchev–Trinajstić information content (AvgIpc) is 2.98. The van der Waals surface area contributed by atoms with Crippen LogP contribution in [0.15, 0.2) is 21.4 Å². The molecule has 27 heavy (non-hydrogen) atoms. The second kappa shape index (κ2) is 6.62. The second-order valence-electron chi connectivity index (χ2n) is 5.69. The molecular formula is C14H12F3N7O2S. The van der Waals surface area contributed by atoms with Gasteiger partial charge in [0.25, 0.3) is 5.91 Å². The van der Waals surface area contributed by atoms with E-state index in [9.17, 15) is 22.2 Å². The van der Waals surface area contributed by atoms with Gasteiger partial charge in [-0.1, -0.05) is 5.10 Å². The van der Waals surface area contributed by atoms with Crippen LogP contribution < -0.4 is 5.32 Å². The molecule has 0 fully saturated rings. The van der Waals surface area contributed by atoms with Crippen molar-refractivity contribution in [2.45, 2.75) is 23.9 Å². The molecule has 2 aromatic rings. The van der Waals surface area contributed by atoms with Crippen molar-refractivity contribution in [1.29, 1.82) is 5.26 Å². The molecule has 9 nitrogen and oxygen atoms in total. The summed E-state index contributed by atoms with van der Waals surface area (Å²) in [6, 6.07) is 1.69. The summed E-state index contributed by atoms with van der Waals surface area (Å²) in [5, 5.41) is 21.7. The fraction of sp³-hybridized carbons (Fsp3) is 0.357. The van der Waals surface area contributed by atoms with Crippen molar-refractivity contribution in [2.75, 3.05) is 11.1 Å². The van der Waals surface area contributed by atoms with Gasteiger partial charge in [-0.25, -0.2) is 8.89 Å². The van der Waals surface area contributed by atoms with Gasteiger partial charge in [0.2, 0.25) is 12.1 Å². The largest absolute Gasteiger partial charge is 0.417 e. The molecule has 0 saturated carbocycles. The van der Waals surface area contributed by atoms with Crippen LogP contribution >= 0.6 is 0 Å². The second-order valence-corrected chi connectivity index (χ2v) is 7.97. The lowest BCUT2D eigenvalue weighted by Crippen LogP contribution is -2.26. The van der Waals surface area contributed by atoms with E-state index >= 15 is 0 Å². The van der Waals surface area contributed by atoms with E-state index in [1.807, 2.05) is 0 Å². The van der Waals surface area contributed by atoms with Crippen molar-refractivity contribution < 1.29 is 22.2 Å². The highest BCUT2D eigenvalue weighted by atomic mass is 32.2. The lowest BCUT2D eigenvalue weighted by Gasteiger charge is -2.25. The molecule has 3 rings (SSSR count). The predicted octanol–water partition coefficient (Wildman–Crippen LogP) is 1.74. The van der Waals surface area contributed by atoms with E-state index in [4.69, 9.17) is 5.26 Å². The zero-order chi connectivity index (χ0) is 19.8. The highest BCUT2D eigenvalue weighted by molar-refractivity contribution is 7.93. The maximum absolute atomic E-state index is 13.5. The quantitative estimate of drug-likeness (QED) is 0.767. The van der Waals surface area contributed by atoms with Gasteiger partial charge < -0.3 is 0 Å². The fourth-order valence-corrected chi connectivity index (χ4v) is 5.06. The van der Waals surface area contributed by atoms with Gasteiger partial charge in [0.05, 0.1) is 20.2 Å². The summed E-state index contributed by atoms with van der Waals surface area (Å²) in [6.07, 6.45) is -3.15. The third-order valence-corrected chi connectivity index (χ3v) is 6.33. The van der Waals surface area contributed by atoms with Crippen LogP contribution in [0.3, 0.4) is 0 Å². The predicted molar refractivity (Wildman–Crippen MR) is 85.8 cm³/mol. The van der Waals surface area contributed by atoms with Crippen molar-refractivity contribution in [2.24, 2.45) is 11.4 Å². The minimum absolute atomic E-state index is 0.00750. The van der Waals surface area contributed by atoms with Gasteiger partial charge in [0.1, 0.15) is 0 Å². The number of carbonyl (C=O) groups is 1. The van der Waals surface area contributed by atoms with E-state index in [1.54, 1.807) is 0 Å². The van der Waals surface area contributed by atoms with Crippen LogP contribution in [0, 0.1) is 11.5 Å². The molecular weight excluding hydrogens is 387 g/mol. The van der Waals surface area contributed by atoms with E-state index in [0.29, 0.717) is 6.07 Å². The number of nitrogens with zero attached hydrogens (tertiary/aromatic N) is 6. The first kappa shape index (κ1) is 18.8. The maximum Gasteiger partial charge on any atom is 0.417 e. The molecule has 0 bridgehead atoms. The molecule has 1 unspecified atom stereocenters. The number of tetrazole rings is 1. The van der Waals surface area contributed by atoms with E-state index in [-0.39, 0.29) is 35.7 Å². The van der Waals surface area contributed by atoms with Crippen LogP contribution in [0.5, 0.6) is 0 Å². The average molecular weight is 399 g/mol. The molecule has 1 amide bonds. The number of benzene rings is 1. The Bertz CT molecular complexity index is 1080. The van der Waals surface area contributed by atoms with Crippen molar-refractivity contribution >= 4 is 21.6 Å². The molecule has 2 heterocycles. The molecule has 1 atom stereocenters. The summed E-state index contributed by atoms with van der Waals surface area (Å²) in [4.78, 5) is 12.0. The third-order valence-electron chi connectivity index (χ3n) is 4.01. The van der Waals surface area contributed by atoms with Gasteiger partial charge in [-0.2, -0.15) is 18.4 Å². The molecule has 0 radical (unpaired) electrons. The van der Waals surface area contributed by atoms with Crippen LogP contribution in [-0.4, -0.2) is 36.1 Å². The van der Waals surface area contributed by atoms with Crippen molar-refractivity contribution in [3.8, 4) is 6.19 Å². The fourth-order valence-electron chi connectivity index (χ4n) is 2.88. The number of amides is 1. The highest BCUT2D eigenvalue weighted by Gasteiger charge is 2.40. The molecule has 1 aliphatic rings. The smallest absolute Gasteiger partial charge is 0.289 e. The summed E-state index contributed by atoms with van der Waals surface area (Å²) >= 11 is 0. The minimum atomic E-state index is -4.81. The molecule has 142 valence electrons. The third kappa shape index (κ3) is 3.35. The van der Waals surface area contributed by atoms with Gasteiger partial charge in [-0.3, -0.25) is 10.1 Å². The minimum Gasteiger partial charge on any atom is -0.289 e. The summed E-state index contributed by atoms with van der Waals surface area (Å²) < 4.78 is 57.8. The summed E-state index contributed by atoms with van der Waals surface area (Å²) in [7, 11) is -2.15. The standard InChI is InChI=1S/C14H12F3N7O2S/c1-24-13(21-22-23-24)20-12(25)9-4-5-10(14(15,16)17)11-8(9)3-2-6-27(11,26)19-7-18/h4-5H,2-3,6H2,1H3,(H,20,21,23,25). The monoisotopic (exact) mass is 399 g/mol. The number of fused-ring (bicyclic) bond motifs is 1. The van der Waals surface area contributed by atoms with Gasteiger partial charge in [-0.05, 0) is 41.0 Å². The van der Waals surface area contributed by atoms with E-state index in [1.165, 1.54) is 17.9 Å². The van der Waals surface area contributed by atoms with Gasteiger partial charge in [-0.15, -0.1) is 4.36 Å². The summed E-state index contributed by atoms with van der Waals surface area (Å²) in [5.74, 6) is -0.944. The maximum atomic E-state index is 13.5. The van der Waals surface area contributed by atoms with Crippen LogP contribution in [-0.2, 0) is 29.4 Å². The van der Waals surface area contributed by atoms with Gasteiger partial charge in [0.15, 0.2) is 0 Å². The van der Waals surface area contributed by atoms with Gasteiger partial charge >= 0.3 is 6.18 Å². The number of hydrogen-bond donors (Lipinski definition) is 1. The summed E-state index contributed by atoms with van der Waals surface area (Å²) in [6.45, 7) is 0. The Hall–Kier alpha value is -3.01. The van der Waals surface area contributed by atoms with Crippen LogP contribution in [0.25, 0.3) is 0 Å². The molecule has 13 heteroatoms. The molecule has 0 saturated heterocycles. The van der Waals surface area contributed by atoms with E-state index in [2.05, 4.69) is 25.2 Å². The first-order valence-corrected chi connectivity index (χ1v) is 9.25. The highest BCUT2D eigenvalue weighted by Crippen LogP contribution is 2.41. The Morgan fingerprint density at radius 2 is 2.19 bits per heavy atom. The zero-order valence-electron chi connectivity index (χ0n) is 13.8. The number of aromatic nitrogens is 4. The molecule has 0 spiro atoms. The number of carbonyl (C=O) groups excluding carboxylic acids is 1. The topological polar surface area (TPSA) is 126 Å². The Balaban J connectivity index is 2.21. The number of aryl methyl sites for hydroxylation is 1. The SMILES string of the molecule is Cn1nnnc1NC(=O)c1ccc(C(F)(F)F)c2c1CCCS2(=O)=NC#N. The van der Waals surface area contributed by atoms with Crippen molar-refractivity contribution in [3.05, 3.63) is 28.8 Å². The molecule has 1 aromatic carbocycles. The number of halogens is 3. The van der Waals surface area contributed by atoms with Crippen LogP contribution in [0.1, 0.15) is 27.9 Å². The Labute approximate surface area is 151 Å². The molecule has 1 N–H and O–H groups in total. The van der Waals surface area contributed by atoms with Crippen molar-refractivity contribution in [1.82, 2.24) is 20.2 Å². The van der Waals surface area contributed by atoms with Gasteiger partial charge in [0, 0.05) is 18.4 Å². The van der Waals surface area contributed by atoms with Crippen LogP contribution in [0.4, 0.5) is 19.1 Å². The first-order valence-electron chi connectivity index (χ1n) is 7.57. The lowest BCUT2D eigenvalue weighted by atomic mass is 9.98. The molecule has 1 aliphatic heterocycles. The number of anilines is 1. The Morgan fingerprint density at radius 1 is 1.44 bits per heavy atom. The Kier molecular flexibility index (Phi) is 4.60. The van der Waals surface area contributed by atoms with E-state index in [0.717, 1.165) is 6.07 Å². The van der Waals surface area contributed by atoms with Crippen molar-refractivity contribution in [3.63, 3.8) is 0 Å². The number of hydrogen-bond acceptors (Lipinski definition) is 7. The zero-order valence-corrected chi connectivity index (χ0v) is 14.6.